The Bertz CT molecular complexity index is 492. The molecule has 3 N–H and O–H groups in total. The molecule has 1 aliphatic heterocycles. The molecule has 0 aromatic heterocycles. The van der Waals surface area contributed by atoms with Crippen LogP contribution >= 0.6 is 0 Å². The number of hydrogen-bond donors (Lipinski definition) is 2. The van der Waals surface area contributed by atoms with Gasteiger partial charge in [0.1, 0.15) is 5.82 Å². The molecule has 1 aromatic carbocycles. The highest BCUT2D eigenvalue weighted by Crippen LogP contribution is 2.22. The Kier molecular flexibility index (Phi) is 3.87. The third-order valence-electron chi connectivity index (χ3n) is 3.64. The van der Waals surface area contributed by atoms with Gasteiger partial charge in [-0.15, -0.1) is 0 Å². The van der Waals surface area contributed by atoms with Crippen LogP contribution in [0.2, 0.25) is 0 Å². The van der Waals surface area contributed by atoms with Gasteiger partial charge in [-0.3, -0.25) is 9.69 Å². The van der Waals surface area contributed by atoms with Crippen LogP contribution in [0.3, 0.4) is 0 Å². The Hall–Kier alpha value is -1.46. The van der Waals surface area contributed by atoms with E-state index in [0.717, 1.165) is 18.5 Å². The lowest BCUT2D eigenvalue weighted by atomic mass is 9.92. The van der Waals surface area contributed by atoms with Gasteiger partial charge in [0.25, 0.3) is 5.91 Å². The molecule has 1 atom stereocenters. The van der Waals surface area contributed by atoms with Crippen LogP contribution in [-0.2, 0) is 11.3 Å². The van der Waals surface area contributed by atoms with Gasteiger partial charge in [0, 0.05) is 13.1 Å². The van der Waals surface area contributed by atoms with E-state index in [9.17, 15) is 14.3 Å². The number of nitrogens with two attached hydrogens (primary N) is 1. The van der Waals surface area contributed by atoms with Crippen molar-refractivity contribution in [2.75, 3.05) is 13.1 Å². The minimum absolute atomic E-state index is 0.226. The maximum absolute atomic E-state index is 13.2. The first-order chi connectivity index (χ1) is 8.90. The number of nitrogens with zero attached hydrogens (tertiary/aromatic N) is 1. The molecule has 5 heteroatoms. The number of piperidine rings is 1. The largest absolute Gasteiger partial charge is 0.379 e. The number of carbonyl (C=O) groups excluding carboxylic acids is 1. The second-order valence-corrected chi connectivity index (χ2v) is 5.29. The van der Waals surface area contributed by atoms with Crippen molar-refractivity contribution in [1.82, 2.24) is 4.90 Å². The van der Waals surface area contributed by atoms with Crippen LogP contribution in [-0.4, -0.2) is 34.6 Å². The topological polar surface area (TPSA) is 66.6 Å². The van der Waals surface area contributed by atoms with Gasteiger partial charge in [0.15, 0.2) is 5.60 Å². The molecule has 0 saturated carbocycles. The summed E-state index contributed by atoms with van der Waals surface area (Å²) in [6.45, 7) is 3.33. The van der Waals surface area contributed by atoms with Crippen molar-refractivity contribution in [2.24, 2.45) is 5.73 Å². The van der Waals surface area contributed by atoms with E-state index in [-0.39, 0.29) is 12.4 Å². The zero-order valence-electron chi connectivity index (χ0n) is 11.0. The van der Waals surface area contributed by atoms with Crippen LogP contribution in [0.15, 0.2) is 18.2 Å². The number of aliphatic hydroxyl groups is 1. The number of carbonyl (C=O) groups is 1. The summed E-state index contributed by atoms with van der Waals surface area (Å²) < 4.78 is 13.2. The summed E-state index contributed by atoms with van der Waals surface area (Å²) in [6, 6.07) is 4.95. The average molecular weight is 266 g/mol. The smallest absolute Gasteiger partial charge is 0.250 e. The number of halogens is 1. The number of primary amides is 1. The summed E-state index contributed by atoms with van der Waals surface area (Å²) in [5.41, 5.74) is 5.36. The number of rotatable bonds is 3. The molecule has 104 valence electrons. The third-order valence-corrected chi connectivity index (χ3v) is 3.64. The van der Waals surface area contributed by atoms with Crippen molar-refractivity contribution >= 4 is 5.91 Å². The normalized spacial score (nSPS) is 24.4. The quantitative estimate of drug-likeness (QED) is 0.856. The zero-order valence-corrected chi connectivity index (χ0v) is 11.0. The van der Waals surface area contributed by atoms with E-state index >= 15 is 0 Å². The predicted octanol–water partition coefficient (Wildman–Crippen LogP) is 0.946. The van der Waals surface area contributed by atoms with Crippen molar-refractivity contribution in [3.63, 3.8) is 0 Å². The number of benzene rings is 1. The van der Waals surface area contributed by atoms with Crippen molar-refractivity contribution in [3.05, 3.63) is 35.1 Å². The Morgan fingerprint density at radius 3 is 2.95 bits per heavy atom. The molecule has 1 fully saturated rings. The molecule has 1 aliphatic rings. The molecule has 1 saturated heterocycles. The molecule has 0 radical (unpaired) electrons. The van der Waals surface area contributed by atoms with Gasteiger partial charge in [-0.1, -0.05) is 12.1 Å². The lowest BCUT2D eigenvalue weighted by molar-refractivity contribution is -0.142. The number of amides is 1. The third kappa shape index (κ3) is 3.11. The Morgan fingerprint density at radius 2 is 2.32 bits per heavy atom. The van der Waals surface area contributed by atoms with Crippen molar-refractivity contribution < 1.29 is 14.3 Å². The van der Waals surface area contributed by atoms with E-state index in [1.165, 1.54) is 6.07 Å². The minimum atomic E-state index is -1.44. The van der Waals surface area contributed by atoms with E-state index in [4.69, 9.17) is 5.73 Å². The fourth-order valence-electron chi connectivity index (χ4n) is 2.52. The van der Waals surface area contributed by atoms with E-state index < -0.39 is 11.5 Å². The summed E-state index contributed by atoms with van der Waals surface area (Å²) in [4.78, 5) is 13.2. The first-order valence-electron chi connectivity index (χ1n) is 6.40. The zero-order chi connectivity index (χ0) is 14.0. The van der Waals surface area contributed by atoms with E-state index in [0.29, 0.717) is 18.5 Å². The molecule has 19 heavy (non-hydrogen) atoms. The van der Waals surface area contributed by atoms with E-state index in [2.05, 4.69) is 0 Å². The lowest BCUT2D eigenvalue weighted by Crippen LogP contribution is -2.55. The van der Waals surface area contributed by atoms with Gasteiger partial charge >= 0.3 is 0 Å². The standard InChI is InChI=1S/C14H19FN2O2/c1-10-7-11(3-4-12(10)15)8-17-6-2-5-14(19,9-17)13(16)18/h3-4,7,19H,2,5-6,8-9H2,1H3,(H2,16,18). The predicted molar refractivity (Wildman–Crippen MR) is 69.8 cm³/mol. The highest BCUT2D eigenvalue weighted by Gasteiger charge is 2.38. The fraction of sp³-hybridized carbons (Fsp3) is 0.500. The summed E-state index contributed by atoms with van der Waals surface area (Å²) in [5, 5.41) is 10.1. The number of aryl methyl sites for hydroxylation is 1. The van der Waals surface area contributed by atoms with Gasteiger partial charge in [-0.2, -0.15) is 0 Å². The minimum Gasteiger partial charge on any atom is -0.379 e. The molecule has 0 spiro atoms. The van der Waals surface area contributed by atoms with Crippen LogP contribution in [0.1, 0.15) is 24.0 Å². The van der Waals surface area contributed by atoms with Gasteiger partial charge in [0.2, 0.25) is 0 Å². The monoisotopic (exact) mass is 266 g/mol. The van der Waals surface area contributed by atoms with Crippen LogP contribution in [0.4, 0.5) is 4.39 Å². The molecule has 1 amide bonds. The molecular weight excluding hydrogens is 247 g/mol. The number of likely N-dealkylation sites (tertiary alicyclic amines) is 1. The maximum atomic E-state index is 13.2. The van der Waals surface area contributed by atoms with Crippen LogP contribution in [0.5, 0.6) is 0 Å². The first-order valence-corrected chi connectivity index (χ1v) is 6.40. The maximum Gasteiger partial charge on any atom is 0.250 e. The molecule has 2 rings (SSSR count). The average Bonchev–Trinajstić information content (AvgIpc) is 2.34. The SMILES string of the molecule is Cc1cc(CN2CCCC(O)(C(N)=O)C2)ccc1F. The fourth-order valence-corrected chi connectivity index (χ4v) is 2.52. The molecule has 1 unspecified atom stereocenters. The van der Waals surface area contributed by atoms with Crippen molar-refractivity contribution in [2.45, 2.75) is 31.9 Å². The molecule has 1 aromatic rings. The molecular formula is C14H19FN2O2. The van der Waals surface area contributed by atoms with E-state index in [1.54, 1.807) is 19.1 Å². The van der Waals surface area contributed by atoms with E-state index in [1.807, 2.05) is 4.90 Å². The second kappa shape index (κ2) is 5.27. The summed E-state index contributed by atoms with van der Waals surface area (Å²) in [7, 11) is 0. The van der Waals surface area contributed by atoms with Crippen LogP contribution in [0, 0.1) is 12.7 Å². The summed E-state index contributed by atoms with van der Waals surface area (Å²) in [6.07, 6.45) is 1.13. The summed E-state index contributed by atoms with van der Waals surface area (Å²) >= 11 is 0. The lowest BCUT2D eigenvalue weighted by Gasteiger charge is -2.37. The number of hydrogen-bond acceptors (Lipinski definition) is 3. The Morgan fingerprint density at radius 1 is 1.58 bits per heavy atom. The second-order valence-electron chi connectivity index (χ2n) is 5.29. The van der Waals surface area contributed by atoms with Gasteiger partial charge in [-0.05, 0) is 43.5 Å². The molecule has 0 aliphatic carbocycles. The van der Waals surface area contributed by atoms with Crippen LogP contribution < -0.4 is 5.73 Å². The van der Waals surface area contributed by atoms with Crippen molar-refractivity contribution in [3.8, 4) is 0 Å². The highest BCUT2D eigenvalue weighted by molar-refractivity contribution is 5.83. The Labute approximate surface area is 112 Å². The van der Waals surface area contributed by atoms with Crippen molar-refractivity contribution in [1.29, 1.82) is 0 Å². The number of β-amino-alcohol motifs (C(OH)–C–C–N with tert-alkyl or cyclic N) is 1. The van der Waals surface area contributed by atoms with Gasteiger partial charge in [-0.25, -0.2) is 4.39 Å². The molecule has 1 heterocycles. The Balaban J connectivity index is 2.06. The highest BCUT2D eigenvalue weighted by atomic mass is 19.1. The summed E-state index contributed by atoms with van der Waals surface area (Å²) in [5.74, 6) is -0.900. The van der Waals surface area contributed by atoms with Crippen LogP contribution in [0.25, 0.3) is 0 Å². The molecule has 4 nitrogen and oxygen atoms in total. The first kappa shape index (κ1) is 14.0. The molecule has 0 bridgehead atoms. The van der Waals surface area contributed by atoms with Gasteiger partial charge < -0.3 is 10.8 Å². The van der Waals surface area contributed by atoms with Gasteiger partial charge in [0.05, 0.1) is 0 Å².